The summed E-state index contributed by atoms with van der Waals surface area (Å²) >= 11 is 0. The highest BCUT2D eigenvalue weighted by Crippen LogP contribution is 2.24. The van der Waals surface area contributed by atoms with Gasteiger partial charge in [-0.05, 0) is 38.0 Å². The van der Waals surface area contributed by atoms with Gasteiger partial charge in [0.2, 0.25) is 5.89 Å². The molecule has 0 aromatic carbocycles. The maximum atomic E-state index is 5.30. The summed E-state index contributed by atoms with van der Waals surface area (Å²) in [6, 6.07) is 0. The van der Waals surface area contributed by atoms with Gasteiger partial charge in [0.1, 0.15) is 0 Å². The van der Waals surface area contributed by atoms with Crippen LogP contribution in [0.1, 0.15) is 31.6 Å². The summed E-state index contributed by atoms with van der Waals surface area (Å²) in [7, 11) is 1.97. The molecule has 2 heterocycles. The zero-order valence-electron chi connectivity index (χ0n) is 9.36. The van der Waals surface area contributed by atoms with E-state index in [4.69, 9.17) is 4.52 Å². The first-order chi connectivity index (χ1) is 7.31. The predicted octanol–water partition coefficient (Wildman–Crippen LogP) is 0.993. The van der Waals surface area contributed by atoms with Crippen molar-refractivity contribution in [1.29, 1.82) is 0 Å². The van der Waals surface area contributed by atoms with Crippen LogP contribution in [0.25, 0.3) is 0 Å². The predicted molar refractivity (Wildman–Crippen MR) is 58.1 cm³/mol. The Balaban J connectivity index is 2.05. The lowest BCUT2D eigenvalue weighted by atomic mass is 9.98. The molecule has 2 rings (SSSR count). The molecule has 0 atom stereocenters. The molecule has 0 bridgehead atoms. The molecule has 0 unspecified atom stereocenters. The van der Waals surface area contributed by atoms with Gasteiger partial charge in [-0.1, -0.05) is 0 Å². The van der Waals surface area contributed by atoms with E-state index in [-0.39, 0.29) is 0 Å². The van der Waals surface area contributed by atoms with Crippen molar-refractivity contribution in [1.82, 2.24) is 15.5 Å². The van der Waals surface area contributed by atoms with E-state index in [1.165, 1.54) is 0 Å². The molecule has 1 aromatic heterocycles. The van der Waals surface area contributed by atoms with E-state index in [0.717, 1.165) is 38.4 Å². The van der Waals surface area contributed by atoms with Crippen LogP contribution in [0, 0.1) is 0 Å². The molecule has 1 fully saturated rings. The molecular formula is C10H18N4O. The molecular weight excluding hydrogens is 192 g/mol. The monoisotopic (exact) mass is 210 g/mol. The van der Waals surface area contributed by atoms with Gasteiger partial charge < -0.3 is 14.7 Å². The topological polar surface area (TPSA) is 54.2 Å². The zero-order valence-corrected chi connectivity index (χ0v) is 9.36. The summed E-state index contributed by atoms with van der Waals surface area (Å²) in [4.78, 5) is 6.41. The van der Waals surface area contributed by atoms with Gasteiger partial charge in [0.25, 0.3) is 5.95 Å². The minimum atomic E-state index is 0.442. The van der Waals surface area contributed by atoms with Crippen LogP contribution in [0.15, 0.2) is 4.52 Å². The third kappa shape index (κ3) is 2.28. The van der Waals surface area contributed by atoms with Crippen LogP contribution in [0.2, 0.25) is 0 Å². The molecule has 0 spiro atoms. The summed E-state index contributed by atoms with van der Waals surface area (Å²) in [5.41, 5.74) is 0. The second-order valence-electron chi connectivity index (χ2n) is 3.97. The molecule has 0 saturated carbocycles. The van der Waals surface area contributed by atoms with E-state index in [1.54, 1.807) is 0 Å². The average Bonchev–Trinajstić information content (AvgIpc) is 2.78. The lowest BCUT2D eigenvalue weighted by Crippen LogP contribution is -2.26. The Kier molecular flexibility index (Phi) is 3.20. The van der Waals surface area contributed by atoms with Gasteiger partial charge in [-0.25, -0.2) is 0 Å². The summed E-state index contributed by atoms with van der Waals surface area (Å²) in [5, 5.41) is 7.31. The number of hydrogen-bond acceptors (Lipinski definition) is 5. The highest BCUT2D eigenvalue weighted by molar-refractivity contribution is 5.25. The number of nitrogens with one attached hydrogen (secondary N) is 1. The van der Waals surface area contributed by atoms with Crippen molar-refractivity contribution in [2.24, 2.45) is 0 Å². The van der Waals surface area contributed by atoms with Gasteiger partial charge in [-0.3, -0.25) is 0 Å². The molecule has 0 aliphatic carbocycles. The van der Waals surface area contributed by atoms with E-state index in [0.29, 0.717) is 11.9 Å². The molecule has 1 saturated heterocycles. The first-order valence-electron chi connectivity index (χ1n) is 5.56. The number of hydrogen-bond donors (Lipinski definition) is 1. The third-order valence-corrected chi connectivity index (χ3v) is 2.94. The largest absolute Gasteiger partial charge is 0.342 e. The van der Waals surface area contributed by atoms with Crippen molar-refractivity contribution in [3.05, 3.63) is 5.89 Å². The van der Waals surface area contributed by atoms with E-state index < -0.39 is 0 Å². The van der Waals surface area contributed by atoms with Gasteiger partial charge in [0.15, 0.2) is 0 Å². The second-order valence-corrected chi connectivity index (χ2v) is 3.97. The molecule has 84 valence electrons. The number of rotatable bonds is 3. The maximum absolute atomic E-state index is 5.30. The van der Waals surface area contributed by atoms with Gasteiger partial charge in [0.05, 0.1) is 0 Å². The number of anilines is 1. The minimum Gasteiger partial charge on any atom is -0.342 e. The van der Waals surface area contributed by atoms with Gasteiger partial charge >= 0.3 is 0 Å². The van der Waals surface area contributed by atoms with Crippen molar-refractivity contribution in [3.63, 3.8) is 0 Å². The third-order valence-electron chi connectivity index (χ3n) is 2.94. The number of piperidine rings is 1. The van der Waals surface area contributed by atoms with Crippen LogP contribution < -0.4 is 10.2 Å². The van der Waals surface area contributed by atoms with E-state index in [1.807, 2.05) is 11.9 Å². The number of nitrogens with zero attached hydrogens (tertiary/aromatic N) is 3. The van der Waals surface area contributed by atoms with Crippen molar-refractivity contribution in [3.8, 4) is 0 Å². The average molecular weight is 210 g/mol. The van der Waals surface area contributed by atoms with Gasteiger partial charge in [-0.2, -0.15) is 4.98 Å². The normalized spacial score (nSPS) is 18.0. The Morgan fingerprint density at radius 2 is 2.20 bits per heavy atom. The van der Waals surface area contributed by atoms with Crippen LogP contribution in [-0.2, 0) is 0 Å². The minimum absolute atomic E-state index is 0.442. The summed E-state index contributed by atoms with van der Waals surface area (Å²) in [6.07, 6.45) is 2.19. The quantitative estimate of drug-likeness (QED) is 0.806. The SMILES string of the molecule is CCN(C)c1noc(C2CCNCC2)n1. The van der Waals surface area contributed by atoms with Gasteiger partial charge in [0, 0.05) is 19.5 Å². The Bertz CT molecular complexity index is 306. The van der Waals surface area contributed by atoms with Crippen LogP contribution in [0.3, 0.4) is 0 Å². The molecule has 1 aromatic rings. The van der Waals surface area contributed by atoms with Crippen molar-refractivity contribution >= 4 is 5.95 Å². The van der Waals surface area contributed by atoms with Gasteiger partial charge in [-0.15, -0.1) is 0 Å². The molecule has 0 radical (unpaired) electrons. The first-order valence-corrected chi connectivity index (χ1v) is 5.56. The fraction of sp³-hybridized carbons (Fsp3) is 0.800. The first kappa shape index (κ1) is 10.4. The van der Waals surface area contributed by atoms with Crippen molar-refractivity contribution in [2.75, 3.05) is 31.6 Å². The Morgan fingerprint density at radius 3 is 2.87 bits per heavy atom. The lowest BCUT2D eigenvalue weighted by molar-refractivity contribution is 0.320. The van der Waals surface area contributed by atoms with E-state index >= 15 is 0 Å². The molecule has 1 aliphatic rings. The van der Waals surface area contributed by atoms with Crippen LogP contribution in [0.4, 0.5) is 5.95 Å². The van der Waals surface area contributed by atoms with Crippen molar-refractivity contribution < 1.29 is 4.52 Å². The molecule has 0 amide bonds. The van der Waals surface area contributed by atoms with Crippen LogP contribution >= 0.6 is 0 Å². The fourth-order valence-corrected chi connectivity index (χ4v) is 1.76. The molecule has 5 nitrogen and oxygen atoms in total. The smallest absolute Gasteiger partial charge is 0.265 e. The zero-order chi connectivity index (χ0) is 10.7. The Labute approximate surface area is 89.8 Å². The second kappa shape index (κ2) is 4.61. The van der Waals surface area contributed by atoms with E-state index in [9.17, 15) is 0 Å². The number of aromatic nitrogens is 2. The summed E-state index contributed by atoms with van der Waals surface area (Å²) in [6.45, 7) is 5.06. The van der Waals surface area contributed by atoms with Crippen LogP contribution in [0.5, 0.6) is 0 Å². The molecule has 1 aliphatic heterocycles. The molecule has 15 heavy (non-hydrogen) atoms. The maximum Gasteiger partial charge on any atom is 0.265 e. The summed E-state index contributed by atoms with van der Waals surface area (Å²) in [5.74, 6) is 1.94. The van der Waals surface area contributed by atoms with Crippen molar-refractivity contribution in [2.45, 2.75) is 25.7 Å². The fourth-order valence-electron chi connectivity index (χ4n) is 1.76. The summed E-state index contributed by atoms with van der Waals surface area (Å²) < 4.78 is 5.30. The lowest BCUT2D eigenvalue weighted by Gasteiger charge is -2.18. The Hall–Kier alpha value is -1.10. The molecule has 1 N–H and O–H groups in total. The van der Waals surface area contributed by atoms with Crippen LogP contribution in [-0.4, -0.2) is 36.8 Å². The Morgan fingerprint density at radius 1 is 1.47 bits per heavy atom. The standard InChI is InChI=1S/C10H18N4O/c1-3-14(2)10-12-9(15-13-10)8-4-6-11-7-5-8/h8,11H,3-7H2,1-2H3. The van der Waals surface area contributed by atoms with E-state index in [2.05, 4.69) is 22.4 Å². The highest BCUT2D eigenvalue weighted by atomic mass is 16.5. The molecule has 5 heteroatoms. The highest BCUT2D eigenvalue weighted by Gasteiger charge is 2.21.